The van der Waals surface area contributed by atoms with E-state index in [9.17, 15) is 0 Å². The normalized spacial score (nSPS) is 10.8. The van der Waals surface area contributed by atoms with Crippen molar-refractivity contribution < 1.29 is 0 Å². The van der Waals surface area contributed by atoms with Crippen LogP contribution in [-0.4, -0.2) is 21.3 Å². The molecule has 80 valence electrons. The zero-order valence-corrected chi connectivity index (χ0v) is 9.16. The fourth-order valence-corrected chi connectivity index (χ4v) is 1.45. The molecule has 0 bridgehead atoms. The molecule has 0 radical (unpaired) electrons. The van der Waals surface area contributed by atoms with E-state index in [1.54, 1.807) is 0 Å². The van der Waals surface area contributed by atoms with Gasteiger partial charge in [0.2, 0.25) is 0 Å². The van der Waals surface area contributed by atoms with Crippen molar-refractivity contribution in [3.05, 3.63) is 11.6 Å². The predicted octanol–water partition coefficient (Wildman–Crippen LogP) is 1.05. The van der Waals surface area contributed by atoms with Crippen LogP contribution in [0, 0.1) is 0 Å². The van der Waals surface area contributed by atoms with Gasteiger partial charge in [-0.3, -0.25) is 4.68 Å². The molecule has 0 fully saturated rings. The van der Waals surface area contributed by atoms with Crippen molar-refractivity contribution in [1.82, 2.24) is 14.8 Å². The van der Waals surface area contributed by atoms with Crippen LogP contribution >= 0.6 is 0 Å². The van der Waals surface area contributed by atoms with E-state index in [-0.39, 0.29) is 0 Å². The predicted molar refractivity (Wildman–Crippen MR) is 57.0 cm³/mol. The highest BCUT2D eigenvalue weighted by Crippen LogP contribution is 2.04. The van der Waals surface area contributed by atoms with E-state index in [2.05, 4.69) is 17.0 Å². The van der Waals surface area contributed by atoms with Gasteiger partial charge < -0.3 is 5.73 Å². The summed E-state index contributed by atoms with van der Waals surface area (Å²) in [5.74, 6) is 2.04. The fourth-order valence-electron chi connectivity index (χ4n) is 1.45. The lowest BCUT2D eigenvalue weighted by Crippen LogP contribution is -2.01. The first-order valence-corrected chi connectivity index (χ1v) is 5.36. The molecule has 0 amide bonds. The van der Waals surface area contributed by atoms with Crippen LogP contribution in [0.3, 0.4) is 0 Å². The van der Waals surface area contributed by atoms with Crippen molar-refractivity contribution in [3.63, 3.8) is 0 Å². The molecule has 1 aromatic heterocycles. The molecular formula is C10H20N4. The number of hydrogen-bond donors (Lipinski definition) is 1. The maximum absolute atomic E-state index is 5.43. The standard InChI is InChI=1S/C10H20N4/c1-3-9-12-10(14(2)13-9)7-5-4-6-8-11/h3-8,11H2,1-2H3. The molecule has 2 N–H and O–H groups in total. The first-order chi connectivity index (χ1) is 6.77. The van der Waals surface area contributed by atoms with Crippen molar-refractivity contribution >= 4 is 0 Å². The Morgan fingerprint density at radius 1 is 1.29 bits per heavy atom. The average Bonchev–Trinajstić information content (AvgIpc) is 2.54. The van der Waals surface area contributed by atoms with E-state index < -0.39 is 0 Å². The summed E-state index contributed by atoms with van der Waals surface area (Å²) in [6.45, 7) is 2.87. The molecule has 0 spiro atoms. The Kier molecular flexibility index (Phi) is 4.59. The fraction of sp³-hybridized carbons (Fsp3) is 0.800. The van der Waals surface area contributed by atoms with Gasteiger partial charge in [0, 0.05) is 19.9 Å². The summed E-state index contributed by atoms with van der Waals surface area (Å²) < 4.78 is 1.89. The van der Waals surface area contributed by atoms with Crippen LogP contribution in [0.4, 0.5) is 0 Å². The van der Waals surface area contributed by atoms with Crippen LogP contribution in [0.15, 0.2) is 0 Å². The van der Waals surface area contributed by atoms with E-state index >= 15 is 0 Å². The van der Waals surface area contributed by atoms with Crippen molar-refractivity contribution in [2.45, 2.75) is 39.0 Å². The van der Waals surface area contributed by atoms with Crippen molar-refractivity contribution in [3.8, 4) is 0 Å². The number of hydrogen-bond acceptors (Lipinski definition) is 3. The second-order valence-corrected chi connectivity index (χ2v) is 3.52. The number of aryl methyl sites for hydroxylation is 3. The van der Waals surface area contributed by atoms with Crippen LogP contribution in [0.25, 0.3) is 0 Å². The summed E-state index contributed by atoms with van der Waals surface area (Å²) in [6, 6.07) is 0. The molecule has 14 heavy (non-hydrogen) atoms. The molecule has 0 saturated carbocycles. The highest BCUT2D eigenvalue weighted by molar-refractivity contribution is 4.92. The van der Waals surface area contributed by atoms with E-state index in [0.717, 1.165) is 43.9 Å². The Morgan fingerprint density at radius 2 is 2.07 bits per heavy atom. The molecule has 0 aliphatic carbocycles. The quantitative estimate of drug-likeness (QED) is 0.692. The lowest BCUT2D eigenvalue weighted by atomic mass is 10.2. The third-order valence-corrected chi connectivity index (χ3v) is 2.32. The van der Waals surface area contributed by atoms with Crippen LogP contribution in [0.2, 0.25) is 0 Å². The van der Waals surface area contributed by atoms with Crippen LogP contribution in [0.5, 0.6) is 0 Å². The highest BCUT2D eigenvalue weighted by Gasteiger charge is 2.04. The molecule has 4 heteroatoms. The molecule has 0 atom stereocenters. The molecule has 0 unspecified atom stereocenters. The van der Waals surface area contributed by atoms with Crippen molar-refractivity contribution in [2.75, 3.05) is 6.54 Å². The van der Waals surface area contributed by atoms with Gasteiger partial charge in [0.1, 0.15) is 5.82 Å². The molecule has 0 aromatic carbocycles. The van der Waals surface area contributed by atoms with Crippen molar-refractivity contribution in [2.24, 2.45) is 12.8 Å². The minimum Gasteiger partial charge on any atom is -0.330 e. The van der Waals surface area contributed by atoms with E-state index in [4.69, 9.17) is 5.73 Å². The molecule has 1 rings (SSSR count). The maximum atomic E-state index is 5.43. The van der Waals surface area contributed by atoms with Crippen LogP contribution < -0.4 is 5.73 Å². The Bertz CT molecular complexity index is 267. The van der Waals surface area contributed by atoms with Gasteiger partial charge in [-0.05, 0) is 19.4 Å². The Morgan fingerprint density at radius 3 is 2.64 bits per heavy atom. The zero-order valence-electron chi connectivity index (χ0n) is 9.16. The molecule has 1 aromatic rings. The Labute approximate surface area is 85.5 Å². The molecular weight excluding hydrogens is 176 g/mol. The third kappa shape index (κ3) is 3.10. The van der Waals surface area contributed by atoms with Gasteiger partial charge in [0.15, 0.2) is 5.82 Å². The largest absolute Gasteiger partial charge is 0.330 e. The van der Waals surface area contributed by atoms with E-state index in [0.29, 0.717) is 0 Å². The molecule has 1 heterocycles. The summed E-state index contributed by atoms with van der Waals surface area (Å²) in [5.41, 5.74) is 5.43. The van der Waals surface area contributed by atoms with Gasteiger partial charge in [-0.25, -0.2) is 4.98 Å². The first kappa shape index (κ1) is 11.2. The van der Waals surface area contributed by atoms with Crippen LogP contribution in [0.1, 0.15) is 37.8 Å². The zero-order chi connectivity index (χ0) is 10.4. The summed E-state index contributed by atoms with van der Waals surface area (Å²) >= 11 is 0. The number of rotatable bonds is 6. The molecule has 0 aliphatic rings. The van der Waals surface area contributed by atoms with E-state index in [1.807, 2.05) is 11.7 Å². The average molecular weight is 196 g/mol. The smallest absolute Gasteiger partial charge is 0.150 e. The highest BCUT2D eigenvalue weighted by atomic mass is 15.3. The summed E-state index contributed by atoms with van der Waals surface area (Å²) in [7, 11) is 1.96. The SMILES string of the molecule is CCc1nc(CCCCCN)n(C)n1. The number of nitrogens with zero attached hydrogens (tertiary/aromatic N) is 3. The monoisotopic (exact) mass is 196 g/mol. The van der Waals surface area contributed by atoms with E-state index in [1.165, 1.54) is 6.42 Å². The van der Waals surface area contributed by atoms with Gasteiger partial charge in [-0.2, -0.15) is 5.10 Å². The lowest BCUT2D eigenvalue weighted by molar-refractivity contribution is 0.630. The number of aromatic nitrogens is 3. The van der Waals surface area contributed by atoms with Gasteiger partial charge in [-0.15, -0.1) is 0 Å². The number of nitrogens with two attached hydrogens (primary N) is 1. The Balaban J connectivity index is 2.38. The van der Waals surface area contributed by atoms with Gasteiger partial charge in [0.05, 0.1) is 0 Å². The van der Waals surface area contributed by atoms with Gasteiger partial charge in [0.25, 0.3) is 0 Å². The number of unbranched alkanes of at least 4 members (excludes halogenated alkanes) is 2. The van der Waals surface area contributed by atoms with Gasteiger partial charge in [-0.1, -0.05) is 13.3 Å². The second-order valence-electron chi connectivity index (χ2n) is 3.52. The Hall–Kier alpha value is -0.900. The summed E-state index contributed by atoms with van der Waals surface area (Å²) in [6.07, 6.45) is 5.39. The maximum Gasteiger partial charge on any atom is 0.150 e. The second kappa shape index (κ2) is 5.75. The molecule has 0 saturated heterocycles. The van der Waals surface area contributed by atoms with Crippen molar-refractivity contribution in [1.29, 1.82) is 0 Å². The summed E-state index contributed by atoms with van der Waals surface area (Å²) in [4.78, 5) is 4.45. The minimum atomic E-state index is 0.791. The van der Waals surface area contributed by atoms with Crippen LogP contribution in [-0.2, 0) is 19.9 Å². The molecule has 0 aliphatic heterocycles. The van der Waals surface area contributed by atoms with Gasteiger partial charge >= 0.3 is 0 Å². The third-order valence-electron chi connectivity index (χ3n) is 2.32. The minimum absolute atomic E-state index is 0.791. The summed E-state index contributed by atoms with van der Waals surface area (Å²) in [5, 5.41) is 4.31. The first-order valence-electron chi connectivity index (χ1n) is 5.36. The topological polar surface area (TPSA) is 56.7 Å². The molecule has 4 nitrogen and oxygen atoms in total. The lowest BCUT2D eigenvalue weighted by Gasteiger charge is -1.98.